The van der Waals surface area contributed by atoms with Gasteiger partial charge < -0.3 is 4.74 Å². The lowest BCUT2D eigenvalue weighted by Crippen LogP contribution is -2.09. The molecule has 1 nitrogen and oxygen atoms in total. The van der Waals surface area contributed by atoms with Crippen LogP contribution in [0.4, 0.5) is 0 Å². The Labute approximate surface area is 95.0 Å². The van der Waals surface area contributed by atoms with Crippen LogP contribution >= 0.6 is 23.2 Å². The molecule has 0 fully saturated rings. The molecule has 1 atom stereocenters. The minimum absolute atomic E-state index is 0.189. The number of hydrogen-bond acceptors (Lipinski definition) is 1. The summed E-state index contributed by atoms with van der Waals surface area (Å²) >= 11 is 11.7. The van der Waals surface area contributed by atoms with Gasteiger partial charge >= 0.3 is 0 Å². The van der Waals surface area contributed by atoms with E-state index in [9.17, 15) is 0 Å². The lowest BCUT2D eigenvalue weighted by Gasteiger charge is -2.14. The van der Waals surface area contributed by atoms with Crippen molar-refractivity contribution in [1.82, 2.24) is 0 Å². The molecular formula is C11H14Cl2O. The van der Waals surface area contributed by atoms with E-state index in [1.54, 1.807) is 0 Å². The number of hydrogen-bond donors (Lipinski definition) is 0. The highest BCUT2D eigenvalue weighted by Gasteiger charge is 2.05. The third-order valence-electron chi connectivity index (χ3n) is 2.05. The van der Waals surface area contributed by atoms with Gasteiger partial charge in [-0.25, -0.2) is 0 Å². The Morgan fingerprint density at radius 2 is 2.14 bits per heavy atom. The Kier molecular flexibility index (Phi) is 4.56. The summed E-state index contributed by atoms with van der Waals surface area (Å²) in [6.07, 6.45) is 1.16. The number of alkyl halides is 1. The summed E-state index contributed by atoms with van der Waals surface area (Å²) in [4.78, 5) is 0. The van der Waals surface area contributed by atoms with Crippen molar-refractivity contribution < 1.29 is 4.74 Å². The van der Waals surface area contributed by atoms with Gasteiger partial charge in [0.05, 0.1) is 11.1 Å². The van der Waals surface area contributed by atoms with Gasteiger partial charge in [-0.05, 0) is 31.0 Å². The molecule has 0 aliphatic heterocycles. The molecule has 14 heavy (non-hydrogen) atoms. The maximum absolute atomic E-state index is 6.03. The molecule has 1 rings (SSSR count). The van der Waals surface area contributed by atoms with Crippen molar-refractivity contribution in [1.29, 1.82) is 0 Å². The Morgan fingerprint density at radius 3 is 2.64 bits per heavy atom. The molecule has 0 N–H and O–H groups in total. The minimum Gasteiger partial charge on any atom is -0.489 e. The van der Waals surface area contributed by atoms with Gasteiger partial charge in [-0.3, -0.25) is 0 Å². The molecule has 0 bridgehead atoms. The molecule has 0 spiro atoms. The Bertz CT molecular complexity index is 299. The number of halogens is 2. The highest BCUT2D eigenvalue weighted by atomic mass is 35.5. The highest BCUT2D eigenvalue weighted by Crippen LogP contribution is 2.27. The Hall–Kier alpha value is -0.400. The van der Waals surface area contributed by atoms with E-state index >= 15 is 0 Å². The van der Waals surface area contributed by atoms with Crippen LogP contribution in [0.3, 0.4) is 0 Å². The van der Waals surface area contributed by atoms with Crippen molar-refractivity contribution in [2.75, 3.05) is 0 Å². The first-order valence-electron chi connectivity index (χ1n) is 4.68. The molecule has 0 aliphatic rings. The number of benzene rings is 1. The van der Waals surface area contributed by atoms with E-state index in [0.29, 0.717) is 10.9 Å². The zero-order chi connectivity index (χ0) is 10.6. The Balaban J connectivity index is 2.78. The summed E-state index contributed by atoms with van der Waals surface area (Å²) in [5, 5.41) is 0.628. The summed E-state index contributed by atoms with van der Waals surface area (Å²) in [6.45, 7) is 4.09. The molecule has 0 radical (unpaired) electrons. The van der Waals surface area contributed by atoms with Crippen molar-refractivity contribution in [2.45, 2.75) is 32.3 Å². The van der Waals surface area contributed by atoms with Crippen LogP contribution in [0.1, 0.15) is 25.8 Å². The predicted octanol–water partition coefficient (Wildman–Crippen LogP) is 4.26. The van der Waals surface area contributed by atoms with Crippen molar-refractivity contribution in [3.05, 3.63) is 28.8 Å². The van der Waals surface area contributed by atoms with E-state index < -0.39 is 0 Å². The van der Waals surface area contributed by atoms with Crippen LogP contribution in [0.15, 0.2) is 18.2 Å². The molecule has 0 saturated carbocycles. The highest BCUT2D eigenvalue weighted by molar-refractivity contribution is 6.32. The topological polar surface area (TPSA) is 9.23 Å². The Morgan fingerprint density at radius 1 is 1.43 bits per heavy atom. The van der Waals surface area contributed by atoms with E-state index in [-0.39, 0.29) is 6.10 Å². The van der Waals surface area contributed by atoms with Crippen LogP contribution in [-0.4, -0.2) is 6.10 Å². The van der Waals surface area contributed by atoms with Gasteiger partial charge in [0.1, 0.15) is 5.75 Å². The minimum atomic E-state index is 0.189. The number of ether oxygens (including phenoxy) is 1. The van der Waals surface area contributed by atoms with Crippen molar-refractivity contribution >= 4 is 23.2 Å². The van der Waals surface area contributed by atoms with Gasteiger partial charge in [0.2, 0.25) is 0 Å². The molecule has 1 unspecified atom stereocenters. The van der Waals surface area contributed by atoms with Crippen LogP contribution in [0.2, 0.25) is 5.02 Å². The summed E-state index contributed by atoms with van der Waals surface area (Å²) in [5.41, 5.74) is 1.01. The third-order valence-corrected chi connectivity index (χ3v) is 2.66. The fraction of sp³-hybridized carbons (Fsp3) is 0.455. The zero-order valence-electron chi connectivity index (χ0n) is 8.39. The fourth-order valence-electron chi connectivity index (χ4n) is 1.02. The second-order valence-corrected chi connectivity index (χ2v) is 3.91. The monoisotopic (exact) mass is 232 g/mol. The van der Waals surface area contributed by atoms with Gasteiger partial charge in [-0.1, -0.05) is 24.6 Å². The second kappa shape index (κ2) is 5.47. The summed E-state index contributed by atoms with van der Waals surface area (Å²) < 4.78 is 5.62. The lowest BCUT2D eigenvalue weighted by atomic mass is 10.2. The first-order valence-corrected chi connectivity index (χ1v) is 5.59. The average molecular weight is 233 g/mol. The quantitative estimate of drug-likeness (QED) is 0.706. The zero-order valence-corrected chi connectivity index (χ0v) is 9.90. The average Bonchev–Trinajstić information content (AvgIpc) is 2.20. The normalized spacial score (nSPS) is 12.6. The van der Waals surface area contributed by atoms with Crippen LogP contribution in [0.25, 0.3) is 0 Å². The molecule has 0 aromatic heterocycles. The predicted molar refractivity (Wildman–Crippen MR) is 61.4 cm³/mol. The molecule has 0 amide bonds. The molecule has 3 heteroatoms. The van der Waals surface area contributed by atoms with E-state index in [4.69, 9.17) is 27.9 Å². The van der Waals surface area contributed by atoms with Gasteiger partial charge in [0.15, 0.2) is 0 Å². The van der Waals surface area contributed by atoms with E-state index in [1.807, 2.05) is 25.1 Å². The van der Waals surface area contributed by atoms with Crippen LogP contribution < -0.4 is 4.74 Å². The van der Waals surface area contributed by atoms with Crippen molar-refractivity contribution in [3.8, 4) is 5.75 Å². The van der Waals surface area contributed by atoms with Gasteiger partial charge in [0.25, 0.3) is 0 Å². The fourth-order valence-corrected chi connectivity index (χ4v) is 1.44. The van der Waals surface area contributed by atoms with Crippen molar-refractivity contribution in [3.63, 3.8) is 0 Å². The first-order chi connectivity index (χ1) is 6.67. The largest absolute Gasteiger partial charge is 0.489 e. The summed E-state index contributed by atoms with van der Waals surface area (Å²) in [6, 6.07) is 5.63. The van der Waals surface area contributed by atoms with E-state index in [1.165, 1.54) is 0 Å². The summed E-state index contributed by atoms with van der Waals surface area (Å²) in [7, 11) is 0. The molecular weight excluding hydrogens is 219 g/mol. The molecule has 1 aromatic carbocycles. The van der Waals surface area contributed by atoms with Crippen LogP contribution in [-0.2, 0) is 5.88 Å². The van der Waals surface area contributed by atoms with Gasteiger partial charge in [-0.15, -0.1) is 11.6 Å². The van der Waals surface area contributed by atoms with Gasteiger partial charge in [-0.2, -0.15) is 0 Å². The SMILES string of the molecule is CCC(C)Oc1ccc(CCl)cc1Cl. The molecule has 0 heterocycles. The maximum atomic E-state index is 6.03. The molecule has 1 aromatic rings. The number of rotatable bonds is 4. The van der Waals surface area contributed by atoms with E-state index in [0.717, 1.165) is 17.7 Å². The maximum Gasteiger partial charge on any atom is 0.138 e. The van der Waals surface area contributed by atoms with E-state index in [2.05, 4.69) is 6.92 Å². The summed E-state index contributed by atoms with van der Waals surface area (Å²) in [5.74, 6) is 1.21. The lowest BCUT2D eigenvalue weighted by molar-refractivity contribution is 0.217. The standard InChI is InChI=1S/C11H14Cl2O/c1-3-8(2)14-11-5-4-9(7-12)6-10(11)13/h4-6,8H,3,7H2,1-2H3. The third kappa shape index (κ3) is 3.07. The van der Waals surface area contributed by atoms with Crippen molar-refractivity contribution in [2.24, 2.45) is 0 Å². The van der Waals surface area contributed by atoms with Crippen LogP contribution in [0.5, 0.6) is 5.75 Å². The molecule has 78 valence electrons. The van der Waals surface area contributed by atoms with Gasteiger partial charge in [0, 0.05) is 5.88 Å². The van der Waals surface area contributed by atoms with Crippen LogP contribution in [0, 0.1) is 0 Å². The molecule has 0 saturated heterocycles. The first kappa shape index (κ1) is 11.7. The smallest absolute Gasteiger partial charge is 0.138 e. The molecule has 0 aliphatic carbocycles. The second-order valence-electron chi connectivity index (χ2n) is 3.24.